The van der Waals surface area contributed by atoms with Crippen molar-refractivity contribution >= 4 is 35.7 Å². The summed E-state index contributed by atoms with van der Waals surface area (Å²) in [6, 6.07) is 9.05. The van der Waals surface area contributed by atoms with Gasteiger partial charge in [-0.05, 0) is 84.6 Å². The molecule has 0 radical (unpaired) electrons. The van der Waals surface area contributed by atoms with Crippen molar-refractivity contribution in [1.29, 1.82) is 0 Å². The van der Waals surface area contributed by atoms with E-state index in [1.54, 1.807) is 78.0 Å². The second-order valence-corrected chi connectivity index (χ2v) is 16.9. The Bertz CT molecular complexity index is 1430. The summed E-state index contributed by atoms with van der Waals surface area (Å²) in [6.45, 7) is 17.8. The number of ether oxygens (including phenoxy) is 3. The summed E-state index contributed by atoms with van der Waals surface area (Å²) in [4.78, 5) is 76.7. The van der Waals surface area contributed by atoms with Crippen LogP contribution in [0.3, 0.4) is 0 Å². The lowest BCUT2D eigenvalue weighted by Crippen LogP contribution is -2.66. The third kappa shape index (κ3) is 14.4. The molecule has 0 saturated carbocycles. The summed E-state index contributed by atoms with van der Waals surface area (Å²) in [5, 5.41) is 12.6. The molecule has 1 aliphatic rings. The average molecular weight is 761 g/mol. The van der Waals surface area contributed by atoms with Crippen LogP contribution in [-0.4, -0.2) is 64.6 Å². The second-order valence-electron chi connectivity index (χ2n) is 16.9. The van der Waals surface area contributed by atoms with Gasteiger partial charge in [-0.3, -0.25) is 29.9 Å². The third-order valence-electron chi connectivity index (χ3n) is 8.66. The van der Waals surface area contributed by atoms with Crippen LogP contribution >= 0.6 is 0 Å². The molecule has 1 heterocycles. The Morgan fingerprint density at radius 1 is 0.944 bits per heavy atom. The molecule has 54 heavy (non-hydrogen) atoms. The van der Waals surface area contributed by atoms with Crippen molar-refractivity contribution < 1.29 is 48.1 Å². The zero-order valence-electron chi connectivity index (χ0n) is 33.8. The number of carboxylic acids is 1. The number of benzene rings is 1. The Morgan fingerprint density at radius 3 is 2.09 bits per heavy atom. The molecular formula is C40H64N4O10. The molecule has 1 aromatic rings. The number of nitrogens with one attached hydrogen (secondary N) is 3. The first-order valence-corrected chi connectivity index (χ1v) is 18.8. The number of Topliss-reactive ketones (excluding diaryl/α,β-unsaturated/α-hetero) is 1. The number of allylic oxidation sites excluding steroid dienone is 1. The van der Waals surface area contributed by atoms with Crippen molar-refractivity contribution in [3.63, 3.8) is 0 Å². The molecule has 2 rings (SSSR count). The molecule has 14 nitrogen and oxygen atoms in total. The van der Waals surface area contributed by atoms with Crippen LogP contribution in [0.1, 0.15) is 120 Å². The highest BCUT2D eigenvalue weighted by molar-refractivity contribution is 6.02. The van der Waals surface area contributed by atoms with Gasteiger partial charge in [-0.2, -0.15) is 0 Å². The van der Waals surface area contributed by atoms with Crippen LogP contribution in [0.4, 0.5) is 4.79 Å². The lowest BCUT2D eigenvalue weighted by atomic mass is 9.59. The summed E-state index contributed by atoms with van der Waals surface area (Å²) in [6.07, 6.45) is 2.45. The summed E-state index contributed by atoms with van der Waals surface area (Å²) >= 11 is 0. The van der Waals surface area contributed by atoms with E-state index in [-0.39, 0.29) is 24.7 Å². The Kier molecular flexibility index (Phi) is 17.3. The van der Waals surface area contributed by atoms with Crippen LogP contribution in [0.15, 0.2) is 36.4 Å². The van der Waals surface area contributed by atoms with Gasteiger partial charge in [0.2, 0.25) is 17.5 Å². The maximum absolute atomic E-state index is 16.1. The number of rotatable bonds is 19. The predicted molar refractivity (Wildman–Crippen MR) is 204 cm³/mol. The fraction of sp³-hybridized carbons (Fsp3) is 0.675. The van der Waals surface area contributed by atoms with Crippen LogP contribution in [0, 0.1) is 29.1 Å². The topological polar surface area (TPSA) is 205 Å². The molecule has 2 unspecified atom stereocenters. The number of hydrogen-bond acceptors (Lipinski definition) is 10. The summed E-state index contributed by atoms with van der Waals surface area (Å²) < 4.78 is 17.8. The highest BCUT2D eigenvalue weighted by Gasteiger charge is 2.60. The fourth-order valence-corrected chi connectivity index (χ4v) is 6.88. The van der Waals surface area contributed by atoms with E-state index < -0.39 is 83.0 Å². The Labute approximate surface area is 320 Å². The van der Waals surface area contributed by atoms with E-state index in [2.05, 4.69) is 16.2 Å². The molecule has 1 aliphatic heterocycles. The molecule has 1 saturated heterocycles. The number of hydroxylamine groups is 1. The van der Waals surface area contributed by atoms with Crippen LogP contribution < -0.4 is 22.1 Å². The van der Waals surface area contributed by atoms with Crippen molar-refractivity contribution in [3.8, 4) is 0 Å². The largest absolute Gasteiger partial charge is 0.481 e. The molecule has 0 bridgehead atoms. The van der Waals surface area contributed by atoms with Crippen LogP contribution in [-0.2, 0) is 38.2 Å². The van der Waals surface area contributed by atoms with Gasteiger partial charge in [-0.15, -0.1) is 0 Å². The number of alkyl carbamates (subject to hydrolysis) is 1. The number of hydrogen-bond donors (Lipinski definition) is 5. The van der Waals surface area contributed by atoms with Crippen molar-refractivity contribution in [2.45, 2.75) is 137 Å². The number of carbonyl (C=O) groups excluding carboxylic acids is 4. The highest BCUT2D eigenvalue weighted by Crippen LogP contribution is 2.48. The Hall–Kier alpha value is -3.85. The molecule has 1 fully saturated rings. The first-order valence-electron chi connectivity index (χ1n) is 18.8. The maximum Gasteiger partial charge on any atom is 0.410 e. The highest BCUT2D eigenvalue weighted by atomic mass is 16.8. The number of ketones is 1. The first-order chi connectivity index (χ1) is 25.0. The fourth-order valence-electron chi connectivity index (χ4n) is 6.88. The van der Waals surface area contributed by atoms with Gasteiger partial charge in [0, 0.05) is 19.4 Å². The van der Waals surface area contributed by atoms with Gasteiger partial charge in [-0.25, -0.2) is 21.0 Å². The van der Waals surface area contributed by atoms with Gasteiger partial charge in [0.15, 0.2) is 12.1 Å². The molecule has 1 aromatic carbocycles. The minimum atomic E-state index is -2.40. The molecule has 6 N–H and O–H groups in total. The molecule has 14 heteroatoms. The zero-order valence-corrected chi connectivity index (χ0v) is 33.8. The summed E-state index contributed by atoms with van der Waals surface area (Å²) in [5.74, 6) is -1.12. The quantitative estimate of drug-likeness (QED) is 0.0476. The van der Waals surface area contributed by atoms with Gasteiger partial charge < -0.3 is 19.3 Å². The lowest BCUT2D eigenvalue weighted by Gasteiger charge is -2.48. The maximum atomic E-state index is 16.1. The van der Waals surface area contributed by atoms with E-state index in [1.165, 1.54) is 0 Å². The number of hydrazine groups is 1. The third-order valence-corrected chi connectivity index (χ3v) is 8.66. The van der Waals surface area contributed by atoms with E-state index in [4.69, 9.17) is 24.9 Å². The normalized spacial score (nSPS) is 18.6. The van der Waals surface area contributed by atoms with E-state index in [0.717, 1.165) is 12.8 Å². The summed E-state index contributed by atoms with van der Waals surface area (Å²) in [5.41, 5.74) is -1.18. The van der Waals surface area contributed by atoms with Crippen molar-refractivity contribution in [1.82, 2.24) is 16.2 Å². The van der Waals surface area contributed by atoms with Crippen molar-refractivity contribution in [3.05, 3.63) is 42.0 Å². The minimum absolute atomic E-state index is 0.0576. The second kappa shape index (κ2) is 20.2. The molecule has 304 valence electrons. The van der Waals surface area contributed by atoms with Gasteiger partial charge >= 0.3 is 12.1 Å². The SMILES string of the molecule is CC(C)C[C@@H](C(=O)NN)[C@H](C(=O)NOC1CCCCO1)C(/C=C/c1ccccc1)(CC(C)C)C(=O)[C@](CCC(=O)O)(NC(=O)OC(C)(C)C)OC(C)(C)C. The van der Waals surface area contributed by atoms with Crippen LogP contribution in [0.5, 0.6) is 0 Å². The van der Waals surface area contributed by atoms with E-state index in [0.29, 0.717) is 18.6 Å². The molecule has 3 amide bonds. The molecule has 0 aromatic heterocycles. The van der Waals surface area contributed by atoms with Gasteiger partial charge in [-0.1, -0.05) is 70.2 Å². The van der Waals surface area contributed by atoms with Crippen molar-refractivity contribution in [2.75, 3.05) is 6.61 Å². The Balaban J connectivity index is 3.16. The Morgan fingerprint density at radius 2 is 1.59 bits per heavy atom. The minimum Gasteiger partial charge on any atom is -0.481 e. The van der Waals surface area contributed by atoms with E-state index in [9.17, 15) is 24.3 Å². The smallest absolute Gasteiger partial charge is 0.410 e. The first kappa shape index (κ1) is 46.3. The molecular weight excluding hydrogens is 696 g/mol. The van der Waals surface area contributed by atoms with E-state index in [1.807, 2.05) is 33.8 Å². The van der Waals surface area contributed by atoms with Gasteiger partial charge in [0.1, 0.15) is 5.60 Å². The van der Waals surface area contributed by atoms with Crippen LogP contribution in [0.25, 0.3) is 6.08 Å². The molecule has 0 aliphatic carbocycles. The van der Waals surface area contributed by atoms with Gasteiger partial charge in [0.05, 0.1) is 29.3 Å². The molecule has 0 spiro atoms. The molecule has 5 atom stereocenters. The standard InChI is InChI=1S/C40H64N4O10/c1-26(2)24-29(33(47)43-41)32(34(48)44-53-31-18-14-15-23-51-31)39(25-27(3)4,21-19-28-16-12-11-13-17-28)35(49)40(22-20-30(45)46,54-38(8,9)10)42-36(50)52-37(5,6)7/h11-13,16-17,19,21,26-27,29,31-32H,14-15,18,20,22-25,41H2,1-10H3,(H,42,50)(H,43,47)(H,44,48)(H,45,46)/b21-19+/t29-,31?,32-,39?,40-/m1/s1. The number of aliphatic carboxylic acids is 1. The number of carbonyl (C=O) groups is 5. The number of nitrogens with two attached hydrogens (primary N) is 1. The van der Waals surface area contributed by atoms with E-state index >= 15 is 4.79 Å². The number of carboxylic acid groups (broad SMARTS) is 1. The predicted octanol–water partition coefficient (Wildman–Crippen LogP) is 6.05. The number of amides is 3. The lowest BCUT2D eigenvalue weighted by molar-refractivity contribution is -0.207. The average Bonchev–Trinajstić information content (AvgIpc) is 3.06. The summed E-state index contributed by atoms with van der Waals surface area (Å²) in [7, 11) is 0. The van der Waals surface area contributed by atoms with Gasteiger partial charge in [0.25, 0.3) is 0 Å². The van der Waals surface area contributed by atoms with Crippen molar-refractivity contribution in [2.24, 2.45) is 34.9 Å². The monoisotopic (exact) mass is 760 g/mol. The van der Waals surface area contributed by atoms with Crippen LogP contribution in [0.2, 0.25) is 0 Å². The zero-order chi connectivity index (χ0) is 40.9.